The van der Waals surface area contributed by atoms with Crippen molar-refractivity contribution in [1.82, 2.24) is 10.2 Å². The Morgan fingerprint density at radius 1 is 1.22 bits per heavy atom. The van der Waals surface area contributed by atoms with E-state index in [0.717, 1.165) is 19.3 Å². The molecule has 1 unspecified atom stereocenters. The van der Waals surface area contributed by atoms with Gasteiger partial charge in [-0.1, -0.05) is 49.3 Å². The summed E-state index contributed by atoms with van der Waals surface area (Å²) in [5, 5.41) is 21.7. The molecule has 0 radical (unpaired) electrons. The molecule has 1 aliphatic heterocycles. The van der Waals surface area contributed by atoms with Crippen LogP contribution in [0.5, 0.6) is 5.75 Å². The van der Waals surface area contributed by atoms with E-state index in [2.05, 4.69) is 17.1 Å². The maximum Gasteiger partial charge on any atom is 0.296 e. The fourth-order valence-corrected chi connectivity index (χ4v) is 4.98. The first-order valence-electron chi connectivity index (χ1n) is 10.4. The topological polar surface area (TPSA) is 92.6 Å². The molecule has 0 saturated carbocycles. The molecule has 3 aromatic rings. The highest BCUT2D eigenvalue weighted by Gasteiger charge is 2.46. The molecule has 0 aliphatic carbocycles. The van der Waals surface area contributed by atoms with Gasteiger partial charge in [0.2, 0.25) is 10.9 Å². The number of Topliss-reactive ketones (excluding diaryl/α,β-unsaturated/α-hetero) is 1. The Morgan fingerprint density at radius 2 is 2.06 bits per heavy atom. The molecule has 3 heterocycles. The summed E-state index contributed by atoms with van der Waals surface area (Å²) in [6.45, 7) is 4.50. The van der Waals surface area contributed by atoms with Crippen LogP contribution < -0.4 is 9.64 Å². The van der Waals surface area contributed by atoms with Gasteiger partial charge >= 0.3 is 0 Å². The van der Waals surface area contributed by atoms with E-state index in [1.807, 2.05) is 24.3 Å². The third-order valence-corrected chi connectivity index (χ3v) is 6.82. The first kappa shape index (κ1) is 22.2. The van der Waals surface area contributed by atoms with Gasteiger partial charge in [-0.05, 0) is 42.5 Å². The molecule has 166 valence electrons. The number of aliphatic hydroxyl groups excluding tert-OH is 1. The van der Waals surface area contributed by atoms with Crippen LogP contribution in [-0.4, -0.2) is 33.6 Å². The predicted octanol–water partition coefficient (Wildman–Crippen LogP) is 5.26. The molecule has 1 atom stereocenters. The van der Waals surface area contributed by atoms with Crippen molar-refractivity contribution in [3.05, 3.63) is 68.6 Å². The summed E-state index contributed by atoms with van der Waals surface area (Å²) in [4.78, 5) is 28.2. The molecule has 1 aromatic carbocycles. The van der Waals surface area contributed by atoms with Crippen LogP contribution in [0.3, 0.4) is 0 Å². The van der Waals surface area contributed by atoms with E-state index >= 15 is 0 Å². The zero-order valence-electron chi connectivity index (χ0n) is 17.8. The van der Waals surface area contributed by atoms with Crippen LogP contribution >= 0.6 is 22.7 Å². The lowest BCUT2D eigenvalue weighted by molar-refractivity contribution is -0.117. The number of aliphatic hydroxyl groups is 1. The number of amides is 1. The molecular weight excluding hydrogens is 446 g/mol. The standard InChI is InChI=1S/C23H23N3O4S2/c1-3-4-5-11-30-16-9-6-8-15(13-16)19-18(20(27)17-10-7-12-31-17)21(28)22(29)26(19)23-25-24-14(2)32-23/h6-10,12-13,19,28H,3-5,11H2,1-2H3. The molecule has 0 saturated heterocycles. The maximum absolute atomic E-state index is 13.3. The van der Waals surface area contributed by atoms with E-state index in [4.69, 9.17) is 4.74 Å². The minimum Gasteiger partial charge on any atom is -0.503 e. The molecule has 1 aliphatic rings. The molecule has 1 amide bonds. The Kier molecular flexibility index (Phi) is 6.66. The number of hydrogen-bond donors (Lipinski definition) is 1. The molecule has 32 heavy (non-hydrogen) atoms. The average Bonchev–Trinajstić information content (AvgIpc) is 3.52. The third-order valence-electron chi connectivity index (χ3n) is 5.11. The second-order valence-corrected chi connectivity index (χ2v) is 9.49. The first-order valence-corrected chi connectivity index (χ1v) is 12.1. The average molecular weight is 470 g/mol. The van der Waals surface area contributed by atoms with Gasteiger partial charge in [0.25, 0.3) is 5.91 Å². The van der Waals surface area contributed by atoms with Crippen LogP contribution in [0.15, 0.2) is 53.1 Å². The van der Waals surface area contributed by atoms with Crippen LogP contribution in [0.2, 0.25) is 0 Å². The minimum atomic E-state index is -0.830. The zero-order chi connectivity index (χ0) is 22.7. The lowest BCUT2D eigenvalue weighted by atomic mass is 9.95. The molecule has 2 aromatic heterocycles. The number of rotatable bonds is 9. The van der Waals surface area contributed by atoms with E-state index in [-0.39, 0.29) is 11.4 Å². The second-order valence-electron chi connectivity index (χ2n) is 7.38. The molecule has 0 spiro atoms. The predicted molar refractivity (Wildman–Crippen MR) is 125 cm³/mol. The number of carbonyl (C=O) groups is 2. The third kappa shape index (κ3) is 4.31. The van der Waals surface area contributed by atoms with Gasteiger partial charge in [-0.2, -0.15) is 0 Å². The Balaban J connectivity index is 1.75. The summed E-state index contributed by atoms with van der Waals surface area (Å²) in [6, 6.07) is 9.90. The van der Waals surface area contributed by atoms with Crippen molar-refractivity contribution in [3.8, 4) is 5.75 Å². The largest absolute Gasteiger partial charge is 0.503 e. The highest BCUT2D eigenvalue weighted by Crippen LogP contribution is 2.43. The fourth-order valence-electron chi connectivity index (χ4n) is 3.59. The van der Waals surface area contributed by atoms with Gasteiger partial charge in [0.15, 0.2) is 5.76 Å². The van der Waals surface area contributed by atoms with Crippen molar-refractivity contribution in [2.45, 2.75) is 39.2 Å². The first-order chi connectivity index (χ1) is 15.5. The summed E-state index contributed by atoms with van der Waals surface area (Å²) >= 11 is 2.49. The van der Waals surface area contributed by atoms with Crippen molar-refractivity contribution in [2.75, 3.05) is 11.5 Å². The summed E-state index contributed by atoms with van der Waals surface area (Å²) in [5.41, 5.74) is 0.691. The Hall–Kier alpha value is -3.04. The van der Waals surface area contributed by atoms with Crippen molar-refractivity contribution in [3.63, 3.8) is 0 Å². The molecule has 0 fully saturated rings. The van der Waals surface area contributed by atoms with E-state index in [9.17, 15) is 14.7 Å². The number of anilines is 1. The number of ketones is 1. The van der Waals surface area contributed by atoms with Gasteiger partial charge in [-0.25, -0.2) is 0 Å². The maximum atomic E-state index is 13.3. The zero-order valence-corrected chi connectivity index (χ0v) is 19.4. The smallest absolute Gasteiger partial charge is 0.296 e. The monoisotopic (exact) mass is 469 g/mol. The van der Waals surface area contributed by atoms with Crippen LogP contribution in [-0.2, 0) is 4.79 Å². The normalized spacial score (nSPS) is 16.1. The molecule has 9 heteroatoms. The van der Waals surface area contributed by atoms with Crippen LogP contribution in [0.4, 0.5) is 5.13 Å². The van der Waals surface area contributed by atoms with Gasteiger partial charge < -0.3 is 9.84 Å². The quantitative estimate of drug-likeness (QED) is 0.339. The number of carbonyl (C=O) groups excluding carboxylic acids is 2. The SMILES string of the molecule is CCCCCOc1cccc(C2C(C(=O)c3cccs3)=C(O)C(=O)N2c2nnc(C)s2)c1. The summed E-state index contributed by atoms with van der Waals surface area (Å²) < 4.78 is 5.88. The Labute approximate surface area is 194 Å². The van der Waals surface area contributed by atoms with E-state index in [1.54, 1.807) is 24.4 Å². The number of aromatic nitrogens is 2. The fraction of sp³-hybridized carbons (Fsp3) is 0.304. The van der Waals surface area contributed by atoms with Gasteiger partial charge in [0.1, 0.15) is 10.8 Å². The number of aryl methyl sites for hydroxylation is 1. The number of nitrogens with zero attached hydrogens (tertiary/aromatic N) is 3. The van der Waals surface area contributed by atoms with Gasteiger partial charge in [-0.15, -0.1) is 21.5 Å². The van der Waals surface area contributed by atoms with Crippen molar-refractivity contribution in [2.24, 2.45) is 0 Å². The van der Waals surface area contributed by atoms with Crippen molar-refractivity contribution < 1.29 is 19.4 Å². The number of hydrogen-bond acceptors (Lipinski definition) is 8. The summed E-state index contributed by atoms with van der Waals surface area (Å²) in [5.74, 6) is -0.960. The van der Waals surface area contributed by atoms with Crippen LogP contribution in [0.25, 0.3) is 0 Å². The van der Waals surface area contributed by atoms with E-state index < -0.39 is 17.7 Å². The van der Waals surface area contributed by atoms with Crippen LogP contribution in [0.1, 0.15) is 52.5 Å². The summed E-state index contributed by atoms with van der Waals surface area (Å²) in [7, 11) is 0. The Bertz CT molecular complexity index is 1150. The van der Waals surface area contributed by atoms with Gasteiger partial charge in [-0.3, -0.25) is 14.5 Å². The van der Waals surface area contributed by atoms with Crippen molar-refractivity contribution in [1.29, 1.82) is 0 Å². The van der Waals surface area contributed by atoms with E-state index in [1.165, 1.54) is 27.6 Å². The van der Waals surface area contributed by atoms with E-state index in [0.29, 0.717) is 32.9 Å². The number of thiophene rings is 1. The minimum absolute atomic E-state index is 0.0356. The highest BCUT2D eigenvalue weighted by molar-refractivity contribution is 7.15. The number of benzene rings is 1. The van der Waals surface area contributed by atoms with Crippen molar-refractivity contribution >= 4 is 39.5 Å². The molecule has 7 nitrogen and oxygen atoms in total. The van der Waals surface area contributed by atoms with Gasteiger partial charge in [0, 0.05) is 0 Å². The lowest BCUT2D eigenvalue weighted by Gasteiger charge is -2.24. The van der Waals surface area contributed by atoms with Crippen LogP contribution in [0, 0.1) is 6.92 Å². The summed E-state index contributed by atoms with van der Waals surface area (Å²) in [6.07, 6.45) is 3.13. The molecular formula is C23H23N3O4S2. The molecule has 4 rings (SSSR count). The Morgan fingerprint density at radius 3 is 2.75 bits per heavy atom. The lowest BCUT2D eigenvalue weighted by Crippen LogP contribution is -2.31. The second kappa shape index (κ2) is 9.62. The van der Waals surface area contributed by atoms with Gasteiger partial charge in [0.05, 0.1) is 23.1 Å². The highest BCUT2D eigenvalue weighted by atomic mass is 32.1. The number of unbranched alkanes of at least 4 members (excludes halogenated alkanes) is 2. The number of ether oxygens (including phenoxy) is 1. The molecule has 0 bridgehead atoms. The molecule has 1 N–H and O–H groups in total.